The summed E-state index contributed by atoms with van der Waals surface area (Å²) in [6, 6.07) is 2.78. The maximum absolute atomic E-state index is 10.3. The largest absolute Gasteiger partial charge is 0.434 e. The van der Waals surface area contributed by atoms with E-state index >= 15 is 0 Å². The maximum Gasteiger partial charge on any atom is 0.434 e. The fraction of sp³-hybridized carbons (Fsp3) is 0. The quantitative estimate of drug-likeness (QED) is 0.647. The molecule has 78 valence electrons. The van der Waals surface area contributed by atoms with E-state index in [-0.39, 0.29) is 5.88 Å². The Kier molecular flexibility index (Phi) is 2.56. The summed E-state index contributed by atoms with van der Waals surface area (Å²) < 4.78 is 5.50. The number of hydrogen-bond donors (Lipinski definition) is 1. The minimum Gasteiger partial charge on any atom is -0.394 e. The molecule has 0 aliphatic rings. The molecule has 7 nitrogen and oxygen atoms in total. The van der Waals surface area contributed by atoms with Gasteiger partial charge in [-0.2, -0.15) is 0 Å². The van der Waals surface area contributed by atoms with Gasteiger partial charge in [0.25, 0.3) is 0 Å². The first-order valence-corrected chi connectivity index (χ1v) is 5.29. The SMILES string of the molecule is Nc1nnc(Sc2ccc([N+](=O)[O-])o2)s1. The number of nitrogen functional groups attached to an aromatic ring is 1. The second kappa shape index (κ2) is 3.87. The van der Waals surface area contributed by atoms with Crippen molar-refractivity contribution in [2.24, 2.45) is 0 Å². The van der Waals surface area contributed by atoms with E-state index in [1.165, 1.54) is 23.5 Å². The van der Waals surface area contributed by atoms with Crippen molar-refractivity contribution >= 4 is 34.1 Å². The van der Waals surface area contributed by atoms with Crippen LogP contribution in [0.15, 0.2) is 26.0 Å². The van der Waals surface area contributed by atoms with Crippen LogP contribution >= 0.6 is 23.1 Å². The molecule has 0 amide bonds. The average Bonchev–Trinajstić information content (AvgIpc) is 2.76. The Morgan fingerprint density at radius 3 is 2.87 bits per heavy atom. The Balaban J connectivity index is 2.14. The molecular weight excluding hydrogens is 240 g/mol. The normalized spacial score (nSPS) is 10.4. The number of nitrogens with zero attached hydrogens (tertiary/aromatic N) is 3. The molecule has 0 bridgehead atoms. The fourth-order valence-electron chi connectivity index (χ4n) is 0.811. The first kappa shape index (κ1) is 9.93. The van der Waals surface area contributed by atoms with Crippen molar-refractivity contribution in [1.82, 2.24) is 10.2 Å². The van der Waals surface area contributed by atoms with Gasteiger partial charge in [0.05, 0.1) is 6.07 Å². The molecule has 0 saturated carbocycles. The summed E-state index contributed by atoms with van der Waals surface area (Å²) in [5.41, 5.74) is 5.38. The zero-order valence-electron chi connectivity index (χ0n) is 7.11. The average molecular weight is 244 g/mol. The molecule has 0 aromatic carbocycles. The zero-order valence-corrected chi connectivity index (χ0v) is 8.75. The van der Waals surface area contributed by atoms with Crippen molar-refractivity contribution in [2.45, 2.75) is 9.43 Å². The van der Waals surface area contributed by atoms with Crippen LogP contribution in [0.4, 0.5) is 11.0 Å². The second-order valence-electron chi connectivity index (χ2n) is 2.36. The van der Waals surface area contributed by atoms with Crippen LogP contribution in [0.5, 0.6) is 0 Å². The lowest BCUT2D eigenvalue weighted by molar-refractivity contribution is -0.403. The molecule has 2 N–H and O–H groups in total. The van der Waals surface area contributed by atoms with Gasteiger partial charge < -0.3 is 10.2 Å². The van der Waals surface area contributed by atoms with Crippen LogP contribution in [0.2, 0.25) is 0 Å². The smallest absolute Gasteiger partial charge is 0.394 e. The topological polar surface area (TPSA) is 108 Å². The highest BCUT2D eigenvalue weighted by Gasteiger charge is 2.14. The van der Waals surface area contributed by atoms with E-state index in [4.69, 9.17) is 10.2 Å². The minimum atomic E-state index is -0.599. The zero-order chi connectivity index (χ0) is 10.8. The lowest BCUT2D eigenvalue weighted by Crippen LogP contribution is -1.82. The molecular formula is C6H4N4O3S2. The van der Waals surface area contributed by atoms with Crippen molar-refractivity contribution in [3.63, 3.8) is 0 Å². The molecule has 0 fully saturated rings. The molecule has 0 aliphatic heterocycles. The van der Waals surface area contributed by atoms with Gasteiger partial charge in [-0.25, -0.2) is 0 Å². The number of hydrogen-bond acceptors (Lipinski definition) is 8. The highest BCUT2D eigenvalue weighted by molar-refractivity contribution is 8.01. The molecule has 0 saturated heterocycles. The highest BCUT2D eigenvalue weighted by atomic mass is 32.2. The first-order chi connectivity index (χ1) is 7.15. The van der Waals surface area contributed by atoms with Crippen molar-refractivity contribution in [3.05, 3.63) is 22.2 Å². The molecule has 15 heavy (non-hydrogen) atoms. The first-order valence-electron chi connectivity index (χ1n) is 3.66. The number of furan rings is 1. The van der Waals surface area contributed by atoms with Crippen LogP contribution in [0.25, 0.3) is 0 Å². The van der Waals surface area contributed by atoms with E-state index in [1.54, 1.807) is 0 Å². The molecule has 9 heteroatoms. The van der Waals surface area contributed by atoms with E-state index in [1.807, 2.05) is 0 Å². The van der Waals surface area contributed by atoms with E-state index in [9.17, 15) is 10.1 Å². The Bertz CT molecular complexity index is 494. The van der Waals surface area contributed by atoms with Gasteiger partial charge in [-0.3, -0.25) is 10.1 Å². The van der Waals surface area contributed by atoms with E-state index in [0.29, 0.717) is 14.6 Å². The third kappa shape index (κ3) is 2.25. The van der Waals surface area contributed by atoms with Gasteiger partial charge in [-0.05, 0) is 17.8 Å². The van der Waals surface area contributed by atoms with Gasteiger partial charge in [0.15, 0.2) is 9.43 Å². The van der Waals surface area contributed by atoms with Crippen molar-refractivity contribution < 1.29 is 9.34 Å². The van der Waals surface area contributed by atoms with Gasteiger partial charge in [0.2, 0.25) is 5.13 Å². The Labute approximate surface area is 91.4 Å². The summed E-state index contributed by atoms with van der Waals surface area (Å²) in [7, 11) is 0. The van der Waals surface area contributed by atoms with Gasteiger partial charge in [0, 0.05) is 0 Å². The Hall–Kier alpha value is -1.61. The standard InChI is InChI=1S/C6H4N4O3S2/c7-5-8-9-6(15-5)14-4-2-1-3(13-4)10(11)12/h1-2H,(H2,7,8). The van der Waals surface area contributed by atoms with Crippen LogP contribution in [-0.4, -0.2) is 15.1 Å². The molecule has 2 aromatic heterocycles. The second-order valence-corrected chi connectivity index (χ2v) is 4.62. The molecule has 0 atom stereocenters. The van der Waals surface area contributed by atoms with Crippen LogP contribution in [-0.2, 0) is 0 Å². The molecule has 2 aromatic rings. The summed E-state index contributed by atoms with van der Waals surface area (Å²) in [6.45, 7) is 0. The van der Waals surface area contributed by atoms with Crippen molar-refractivity contribution in [3.8, 4) is 0 Å². The summed E-state index contributed by atoms with van der Waals surface area (Å²) in [5.74, 6) is -0.296. The maximum atomic E-state index is 10.3. The summed E-state index contributed by atoms with van der Waals surface area (Å²) in [5, 5.41) is 18.4. The van der Waals surface area contributed by atoms with Gasteiger partial charge in [0.1, 0.15) is 4.92 Å². The van der Waals surface area contributed by atoms with E-state index in [0.717, 1.165) is 11.8 Å². The van der Waals surface area contributed by atoms with Crippen LogP contribution in [0.3, 0.4) is 0 Å². The number of nitrogens with two attached hydrogens (primary N) is 1. The molecule has 0 spiro atoms. The number of aromatic nitrogens is 2. The molecule has 0 unspecified atom stereocenters. The fourth-order valence-corrected chi connectivity index (χ4v) is 2.34. The van der Waals surface area contributed by atoms with Crippen LogP contribution < -0.4 is 5.73 Å². The summed E-state index contributed by atoms with van der Waals surface area (Å²) in [4.78, 5) is 9.73. The molecule has 0 aliphatic carbocycles. The minimum absolute atomic E-state index is 0.296. The molecule has 2 heterocycles. The summed E-state index contributed by atoms with van der Waals surface area (Å²) >= 11 is 2.33. The third-order valence-electron chi connectivity index (χ3n) is 1.36. The van der Waals surface area contributed by atoms with E-state index < -0.39 is 4.92 Å². The number of rotatable bonds is 3. The van der Waals surface area contributed by atoms with Crippen molar-refractivity contribution in [1.29, 1.82) is 0 Å². The highest BCUT2D eigenvalue weighted by Crippen LogP contribution is 2.33. The predicted molar refractivity (Wildman–Crippen MR) is 53.8 cm³/mol. The lowest BCUT2D eigenvalue weighted by atomic mass is 10.6. The third-order valence-corrected chi connectivity index (χ3v) is 3.08. The molecule has 0 radical (unpaired) electrons. The lowest BCUT2D eigenvalue weighted by Gasteiger charge is -1.87. The number of nitro groups is 1. The van der Waals surface area contributed by atoms with E-state index in [2.05, 4.69) is 10.2 Å². The van der Waals surface area contributed by atoms with Crippen LogP contribution in [0, 0.1) is 10.1 Å². The number of anilines is 1. The van der Waals surface area contributed by atoms with Crippen LogP contribution in [0.1, 0.15) is 0 Å². The Morgan fingerprint density at radius 2 is 2.33 bits per heavy atom. The molecule has 2 rings (SSSR count). The monoisotopic (exact) mass is 244 g/mol. The van der Waals surface area contributed by atoms with Gasteiger partial charge >= 0.3 is 5.88 Å². The summed E-state index contributed by atoms with van der Waals surface area (Å²) in [6.07, 6.45) is 0. The van der Waals surface area contributed by atoms with Gasteiger partial charge in [-0.15, -0.1) is 10.2 Å². The Morgan fingerprint density at radius 1 is 1.53 bits per heavy atom. The van der Waals surface area contributed by atoms with Gasteiger partial charge in [-0.1, -0.05) is 11.3 Å². The predicted octanol–water partition coefficient (Wildman–Crippen LogP) is 1.77. The van der Waals surface area contributed by atoms with Crippen molar-refractivity contribution in [2.75, 3.05) is 5.73 Å².